The minimum atomic E-state index is -3.70. The third-order valence-corrected chi connectivity index (χ3v) is 2.25. The number of benzene rings is 1. The maximum Gasteiger partial charge on any atom is 0.428 e. The van der Waals surface area contributed by atoms with Crippen molar-refractivity contribution in [2.45, 2.75) is 10.9 Å². The number of carbonyl (C=O) groups excluding carboxylic acids is 1. The molecular weight excluding hydrogens is 291 g/mol. The average molecular weight is 300 g/mol. The molecule has 1 aromatic rings. The largest absolute Gasteiger partial charge is 0.431 e. The second-order valence-corrected chi connectivity index (χ2v) is 4.17. The first-order valence-corrected chi connectivity index (χ1v) is 5.57. The summed E-state index contributed by atoms with van der Waals surface area (Å²) in [5.74, 6) is 0.0221. The summed E-state index contributed by atoms with van der Waals surface area (Å²) in [6.07, 6.45) is -4.37. The van der Waals surface area contributed by atoms with Crippen LogP contribution in [0.2, 0.25) is 0 Å². The Hall–Kier alpha value is -1.27. The predicted molar refractivity (Wildman–Crippen MR) is 62.6 cm³/mol. The second-order valence-electron chi connectivity index (χ2n) is 3.08. The lowest BCUT2D eigenvalue weighted by atomic mass is 10.3. The van der Waals surface area contributed by atoms with Gasteiger partial charge in [-0.1, -0.05) is 23.2 Å². The molecule has 100 valence electrons. The highest BCUT2D eigenvalue weighted by Crippen LogP contribution is 2.30. The number of alkyl halides is 4. The lowest BCUT2D eigenvalue weighted by molar-refractivity contribution is -0.163. The van der Waals surface area contributed by atoms with Crippen LogP contribution in [0.25, 0.3) is 0 Å². The van der Waals surface area contributed by atoms with E-state index in [1.165, 1.54) is 31.3 Å². The van der Waals surface area contributed by atoms with Gasteiger partial charge in [0.1, 0.15) is 11.5 Å². The summed E-state index contributed by atoms with van der Waals surface area (Å²) in [7, 11) is 1.39. The van der Waals surface area contributed by atoms with E-state index in [1.54, 1.807) is 0 Å². The molecule has 0 spiro atoms. The highest BCUT2D eigenvalue weighted by molar-refractivity contribution is 6.44. The van der Waals surface area contributed by atoms with Gasteiger partial charge in [0.05, 0.1) is 0 Å². The van der Waals surface area contributed by atoms with Crippen molar-refractivity contribution in [2.75, 3.05) is 7.05 Å². The molecule has 1 rings (SSSR count). The Bertz CT molecular complexity index is 412. The van der Waals surface area contributed by atoms with Crippen LogP contribution in [0, 0.1) is 0 Å². The van der Waals surface area contributed by atoms with Gasteiger partial charge in [-0.05, 0) is 24.3 Å². The molecule has 0 fully saturated rings. The first-order valence-electron chi connectivity index (χ1n) is 4.70. The lowest BCUT2D eigenvalue weighted by Crippen LogP contribution is -2.32. The van der Waals surface area contributed by atoms with E-state index in [-0.39, 0.29) is 11.5 Å². The summed E-state index contributed by atoms with van der Waals surface area (Å²) in [5.41, 5.74) is 0. The Morgan fingerprint density at radius 1 is 1.28 bits per heavy atom. The molecule has 0 saturated heterocycles. The SMILES string of the molecule is CNC(=O)Oc1ccc(OC(F)(F)C(Cl)Cl)cc1. The number of rotatable bonds is 4. The van der Waals surface area contributed by atoms with E-state index in [0.717, 1.165) is 0 Å². The highest BCUT2D eigenvalue weighted by atomic mass is 35.5. The van der Waals surface area contributed by atoms with Crippen LogP contribution in [-0.4, -0.2) is 24.1 Å². The molecule has 0 radical (unpaired) electrons. The molecule has 0 aliphatic rings. The number of amides is 1. The van der Waals surface area contributed by atoms with Crippen LogP contribution in [0.3, 0.4) is 0 Å². The van der Waals surface area contributed by atoms with E-state index in [4.69, 9.17) is 27.9 Å². The molecule has 0 aliphatic carbocycles. The molecule has 1 N–H and O–H groups in total. The zero-order chi connectivity index (χ0) is 13.8. The van der Waals surface area contributed by atoms with Gasteiger partial charge >= 0.3 is 12.2 Å². The van der Waals surface area contributed by atoms with Crippen molar-refractivity contribution < 1.29 is 23.0 Å². The zero-order valence-corrected chi connectivity index (χ0v) is 10.6. The molecule has 4 nitrogen and oxygen atoms in total. The predicted octanol–water partition coefficient (Wildman–Crippen LogP) is 3.18. The van der Waals surface area contributed by atoms with Crippen molar-refractivity contribution in [1.29, 1.82) is 0 Å². The van der Waals surface area contributed by atoms with Crippen molar-refractivity contribution in [2.24, 2.45) is 0 Å². The average Bonchev–Trinajstić information content (AvgIpc) is 2.31. The van der Waals surface area contributed by atoms with Crippen LogP contribution in [0.15, 0.2) is 24.3 Å². The monoisotopic (exact) mass is 299 g/mol. The summed E-state index contributed by atoms with van der Waals surface area (Å²) in [6.45, 7) is 0. The number of hydrogen-bond donors (Lipinski definition) is 1. The van der Waals surface area contributed by atoms with Gasteiger partial charge in [0.15, 0.2) is 0 Å². The maximum atomic E-state index is 13.0. The summed E-state index contributed by atoms with van der Waals surface area (Å²) in [4.78, 5) is 8.88. The zero-order valence-electron chi connectivity index (χ0n) is 9.12. The third kappa shape index (κ3) is 4.19. The van der Waals surface area contributed by atoms with Crippen LogP contribution in [0.5, 0.6) is 11.5 Å². The first kappa shape index (κ1) is 14.8. The van der Waals surface area contributed by atoms with E-state index in [9.17, 15) is 13.6 Å². The molecule has 1 aromatic carbocycles. The van der Waals surface area contributed by atoms with Gasteiger partial charge in [-0.2, -0.15) is 8.78 Å². The Morgan fingerprint density at radius 2 is 1.78 bits per heavy atom. The molecule has 0 bridgehead atoms. The van der Waals surface area contributed by atoms with Crippen LogP contribution < -0.4 is 14.8 Å². The summed E-state index contributed by atoms with van der Waals surface area (Å²) < 4.78 is 35.1. The second kappa shape index (κ2) is 6.06. The smallest absolute Gasteiger partial charge is 0.428 e. The molecule has 0 atom stereocenters. The molecule has 0 heterocycles. The summed E-state index contributed by atoms with van der Waals surface area (Å²) >= 11 is 10.1. The highest BCUT2D eigenvalue weighted by Gasteiger charge is 2.40. The van der Waals surface area contributed by atoms with Gasteiger partial charge < -0.3 is 14.8 Å². The number of ether oxygens (including phenoxy) is 2. The Balaban J connectivity index is 2.69. The molecule has 1 amide bonds. The standard InChI is InChI=1S/C10H9Cl2F2NO3/c1-15-9(16)17-6-2-4-7(5-3-6)18-10(13,14)8(11)12/h2-5,8H,1H3,(H,15,16). The minimum Gasteiger partial charge on any atom is -0.431 e. The Labute approximate surface area is 112 Å². The van der Waals surface area contributed by atoms with E-state index in [0.29, 0.717) is 0 Å². The fourth-order valence-corrected chi connectivity index (χ4v) is 1.02. The number of hydrogen-bond acceptors (Lipinski definition) is 3. The van der Waals surface area contributed by atoms with Crippen molar-refractivity contribution in [3.63, 3.8) is 0 Å². The van der Waals surface area contributed by atoms with Gasteiger partial charge in [-0.15, -0.1) is 0 Å². The van der Waals surface area contributed by atoms with Crippen molar-refractivity contribution in [3.8, 4) is 11.5 Å². The van der Waals surface area contributed by atoms with Crippen molar-refractivity contribution in [3.05, 3.63) is 24.3 Å². The lowest BCUT2D eigenvalue weighted by Gasteiger charge is -2.18. The van der Waals surface area contributed by atoms with E-state index in [2.05, 4.69) is 10.1 Å². The molecule has 0 aromatic heterocycles. The Morgan fingerprint density at radius 3 is 2.22 bits per heavy atom. The normalized spacial score (nSPS) is 11.2. The molecular formula is C10H9Cl2F2NO3. The molecule has 8 heteroatoms. The fourth-order valence-electron chi connectivity index (χ4n) is 0.935. The molecule has 0 saturated carbocycles. The minimum absolute atomic E-state index is 0.157. The van der Waals surface area contributed by atoms with E-state index in [1.807, 2.05) is 0 Å². The quantitative estimate of drug-likeness (QED) is 0.869. The topological polar surface area (TPSA) is 47.6 Å². The van der Waals surface area contributed by atoms with Gasteiger partial charge in [0.2, 0.25) is 4.84 Å². The molecule has 0 aliphatic heterocycles. The summed E-state index contributed by atoms with van der Waals surface area (Å²) in [6, 6.07) is 4.97. The van der Waals surface area contributed by atoms with Crippen molar-refractivity contribution >= 4 is 29.3 Å². The van der Waals surface area contributed by atoms with Gasteiger partial charge in [-0.3, -0.25) is 0 Å². The maximum absolute atomic E-state index is 13.0. The van der Waals surface area contributed by atoms with E-state index < -0.39 is 17.0 Å². The molecule has 18 heavy (non-hydrogen) atoms. The number of nitrogens with one attached hydrogen (secondary N) is 1. The van der Waals surface area contributed by atoms with Gasteiger partial charge in [0, 0.05) is 7.05 Å². The Kier molecular flexibility index (Phi) is 4.98. The van der Waals surface area contributed by atoms with Gasteiger partial charge in [0.25, 0.3) is 0 Å². The number of halogens is 4. The van der Waals surface area contributed by atoms with Crippen LogP contribution in [0.4, 0.5) is 13.6 Å². The summed E-state index contributed by atoms with van der Waals surface area (Å²) in [5, 5.41) is 2.23. The fraction of sp³-hybridized carbons (Fsp3) is 0.300. The number of carbonyl (C=O) groups is 1. The van der Waals surface area contributed by atoms with Crippen LogP contribution >= 0.6 is 23.2 Å². The first-order chi connectivity index (χ1) is 8.35. The molecule has 0 unspecified atom stereocenters. The van der Waals surface area contributed by atoms with Crippen LogP contribution in [-0.2, 0) is 0 Å². The van der Waals surface area contributed by atoms with E-state index >= 15 is 0 Å². The van der Waals surface area contributed by atoms with Crippen molar-refractivity contribution in [1.82, 2.24) is 5.32 Å². The van der Waals surface area contributed by atoms with Crippen LogP contribution in [0.1, 0.15) is 0 Å². The van der Waals surface area contributed by atoms with Gasteiger partial charge in [-0.25, -0.2) is 4.79 Å². The third-order valence-electron chi connectivity index (χ3n) is 1.75.